The molecule has 0 aromatic heterocycles. The number of halogens is 4. The zero-order valence-corrected chi connectivity index (χ0v) is 10.6. The van der Waals surface area contributed by atoms with Gasteiger partial charge in [0.1, 0.15) is 0 Å². The standard InChI is InChI=1S/C11H14BClF3N2/c13-10-2-1-3-11(8-10)18-6-4-17(5-7-18)9-12(14,15)16/h1-3,8H,4-7,9H2/q-1. The van der Waals surface area contributed by atoms with E-state index in [9.17, 15) is 12.9 Å². The fraction of sp³-hybridized carbons (Fsp3) is 0.455. The van der Waals surface area contributed by atoms with Gasteiger partial charge in [-0.2, -0.15) is 0 Å². The number of piperazine rings is 1. The highest BCUT2D eigenvalue weighted by molar-refractivity contribution is 6.58. The van der Waals surface area contributed by atoms with E-state index in [0.29, 0.717) is 31.2 Å². The topological polar surface area (TPSA) is 6.48 Å². The average Bonchev–Trinajstić information content (AvgIpc) is 2.28. The second-order valence-corrected chi connectivity index (χ2v) is 4.91. The molecule has 2 nitrogen and oxygen atoms in total. The molecule has 1 aromatic carbocycles. The summed E-state index contributed by atoms with van der Waals surface area (Å²) >= 11 is 5.90. The van der Waals surface area contributed by atoms with Crippen molar-refractivity contribution in [1.29, 1.82) is 0 Å². The van der Waals surface area contributed by atoms with Gasteiger partial charge in [-0.3, -0.25) is 0 Å². The number of benzene rings is 1. The van der Waals surface area contributed by atoms with Crippen molar-refractivity contribution >= 4 is 24.3 Å². The molecule has 100 valence electrons. The van der Waals surface area contributed by atoms with Crippen molar-refractivity contribution in [3.63, 3.8) is 0 Å². The van der Waals surface area contributed by atoms with Crippen molar-refractivity contribution in [1.82, 2.24) is 4.90 Å². The van der Waals surface area contributed by atoms with Gasteiger partial charge in [0.2, 0.25) is 0 Å². The SMILES string of the molecule is F[B-](F)(F)CN1CCN(c2cccc(Cl)c2)CC1. The summed E-state index contributed by atoms with van der Waals surface area (Å²) in [5.74, 6) is 0. The van der Waals surface area contributed by atoms with E-state index in [2.05, 4.69) is 4.90 Å². The highest BCUT2D eigenvalue weighted by atomic mass is 35.5. The lowest BCUT2D eigenvalue weighted by atomic mass is 9.91. The Hall–Kier alpha value is -0.875. The first-order chi connectivity index (χ1) is 8.44. The lowest BCUT2D eigenvalue weighted by molar-refractivity contribution is 0.263. The van der Waals surface area contributed by atoms with Crippen LogP contribution in [0.15, 0.2) is 24.3 Å². The summed E-state index contributed by atoms with van der Waals surface area (Å²) in [4.78, 5) is 3.52. The van der Waals surface area contributed by atoms with E-state index in [1.54, 1.807) is 6.07 Å². The lowest BCUT2D eigenvalue weighted by Gasteiger charge is -2.38. The molecule has 1 aliphatic rings. The van der Waals surface area contributed by atoms with Crippen molar-refractivity contribution in [2.75, 3.05) is 37.5 Å². The molecular weight excluding hydrogens is 263 g/mol. The van der Waals surface area contributed by atoms with E-state index in [1.807, 2.05) is 18.2 Å². The van der Waals surface area contributed by atoms with Crippen LogP contribution in [-0.2, 0) is 0 Å². The molecule has 7 heteroatoms. The van der Waals surface area contributed by atoms with Crippen LogP contribution in [0.1, 0.15) is 0 Å². The molecule has 0 amide bonds. The van der Waals surface area contributed by atoms with Crippen molar-refractivity contribution in [2.24, 2.45) is 0 Å². The zero-order valence-electron chi connectivity index (χ0n) is 9.83. The smallest absolute Gasteiger partial charge is 0.448 e. The van der Waals surface area contributed by atoms with Crippen LogP contribution in [0.5, 0.6) is 0 Å². The summed E-state index contributed by atoms with van der Waals surface area (Å²) < 4.78 is 36.9. The Morgan fingerprint density at radius 1 is 1.11 bits per heavy atom. The molecule has 0 atom stereocenters. The van der Waals surface area contributed by atoms with Gasteiger partial charge in [-0.05, 0) is 24.6 Å². The van der Waals surface area contributed by atoms with Crippen LogP contribution in [-0.4, -0.2) is 44.5 Å². The van der Waals surface area contributed by atoms with E-state index in [4.69, 9.17) is 11.6 Å². The first-order valence-electron chi connectivity index (χ1n) is 5.88. The molecule has 0 spiro atoms. The van der Waals surface area contributed by atoms with Crippen LogP contribution >= 0.6 is 11.6 Å². The number of hydrogen-bond acceptors (Lipinski definition) is 2. The number of rotatable bonds is 3. The van der Waals surface area contributed by atoms with E-state index in [-0.39, 0.29) is 0 Å². The molecule has 0 radical (unpaired) electrons. The average molecular weight is 278 g/mol. The Balaban J connectivity index is 1.91. The van der Waals surface area contributed by atoms with Gasteiger partial charge in [0.25, 0.3) is 0 Å². The van der Waals surface area contributed by atoms with E-state index < -0.39 is 13.4 Å². The quantitative estimate of drug-likeness (QED) is 0.784. The molecule has 18 heavy (non-hydrogen) atoms. The predicted molar refractivity (Wildman–Crippen MR) is 69.2 cm³/mol. The van der Waals surface area contributed by atoms with Gasteiger partial charge >= 0.3 is 6.98 Å². The maximum absolute atomic E-state index is 12.3. The predicted octanol–water partition coefficient (Wildman–Crippen LogP) is 2.85. The third-order valence-corrected chi connectivity index (χ3v) is 3.25. The molecule has 2 rings (SSSR count). The molecule has 1 aliphatic heterocycles. The Morgan fingerprint density at radius 3 is 2.33 bits per heavy atom. The molecular formula is C11H14BClF3N2-. The molecule has 0 bridgehead atoms. The minimum absolute atomic E-state index is 0.438. The highest BCUT2D eigenvalue weighted by Crippen LogP contribution is 2.21. The van der Waals surface area contributed by atoms with Gasteiger partial charge < -0.3 is 22.7 Å². The zero-order chi connectivity index (χ0) is 13.2. The van der Waals surface area contributed by atoms with Crippen molar-refractivity contribution in [2.45, 2.75) is 0 Å². The van der Waals surface area contributed by atoms with Crippen LogP contribution in [0.4, 0.5) is 18.6 Å². The maximum atomic E-state index is 12.3. The molecule has 1 heterocycles. The van der Waals surface area contributed by atoms with Gasteiger partial charge in [0.05, 0.1) is 0 Å². The minimum Gasteiger partial charge on any atom is -0.448 e. The fourth-order valence-corrected chi connectivity index (χ4v) is 2.34. The summed E-state index contributed by atoms with van der Waals surface area (Å²) in [6, 6.07) is 7.40. The minimum atomic E-state index is -4.72. The molecule has 0 aliphatic carbocycles. The second-order valence-electron chi connectivity index (χ2n) is 4.48. The maximum Gasteiger partial charge on any atom is 0.492 e. The number of anilines is 1. The van der Waals surface area contributed by atoms with E-state index in [0.717, 1.165) is 5.69 Å². The summed E-state index contributed by atoms with van der Waals surface area (Å²) in [5, 5.41) is 0.647. The molecule has 0 saturated carbocycles. The summed E-state index contributed by atoms with van der Waals surface area (Å²) in [7, 11) is 0. The van der Waals surface area contributed by atoms with Gasteiger partial charge in [-0.25, -0.2) is 0 Å². The van der Waals surface area contributed by atoms with E-state index >= 15 is 0 Å². The fourth-order valence-electron chi connectivity index (χ4n) is 2.15. The van der Waals surface area contributed by atoms with Crippen molar-refractivity contribution in [3.05, 3.63) is 29.3 Å². The summed E-state index contributed by atoms with van der Waals surface area (Å²) in [5.41, 5.74) is 0.972. The summed E-state index contributed by atoms with van der Waals surface area (Å²) in [6.07, 6.45) is -0.761. The second kappa shape index (κ2) is 5.40. The van der Waals surface area contributed by atoms with Crippen LogP contribution in [0.2, 0.25) is 5.02 Å². The normalized spacial score (nSPS) is 18.1. The Labute approximate surface area is 109 Å². The van der Waals surface area contributed by atoms with Gasteiger partial charge in [0, 0.05) is 36.9 Å². The van der Waals surface area contributed by atoms with E-state index in [1.165, 1.54) is 4.90 Å². The first kappa shape index (κ1) is 13.6. The molecule has 0 unspecified atom stereocenters. The summed E-state index contributed by atoms with van der Waals surface area (Å²) in [6.45, 7) is -2.64. The molecule has 0 N–H and O–H groups in total. The van der Waals surface area contributed by atoms with Crippen molar-refractivity contribution < 1.29 is 12.9 Å². The van der Waals surface area contributed by atoms with Crippen LogP contribution in [0.25, 0.3) is 0 Å². The Bertz CT molecular complexity index is 406. The Morgan fingerprint density at radius 2 is 1.78 bits per heavy atom. The van der Waals surface area contributed by atoms with Gasteiger partial charge in [0.15, 0.2) is 0 Å². The Kier molecular flexibility index (Phi) is 4.07. The van der Waals surface area contributed by atoms with Gasteiger partial charge in [-0.1, -0.05) is 17.7 Å². The van der Waals surface area contributed by atoms with Crippen LogP contribution in [0, 0.1) is 0 Å². The largest absolute Gasteiger partial charge is 0.492 e. The van der Waals surface area contributed by atoms with Gasteiger partial charge in [-0.15, -0.1) is 0 Å². The number of hydrogen-bond donors (Lipinski definition) is 0. The van der Waals surface area contributed by atoms with Crippen LogP contribution < -0.4 is 4.90 Å². The molecule has 1 saturated heterocycles. The third kappa shape index (κ3) is 3.81. The van der Waals surface area contributed by atoms with Crippen LogP contribution in [0.3, 0.4) is 0 Å². The lowest BCUT2D eigenvalue weighted by Crippen LogP contribution is -2.50. The first-order valence-corrected chi connectivity index (χ1v) is 6.26. The monoisotopic (exact) mass is 277 g/mol. The number of nitrogens with zero attached hydrogens (tertiary/aromatic N) is 2. The molecule has 1 fully saturated rings. The van der Waals surface area contributed by atoms with Crippen molar-refractivity contribution in [3.8, 4) is 0 Å². The molecule has 1 aromatic rings. The third-order valence-electron chi connectivity index (χ3n) is 3.01. The highest BCUT2D eigenvalue weighted by Gasteiger charge is 2.28.